The van der Waals surface area contributed by atoms with E-state index in [1.807, 2.05) is 0 Å². The topological polar surface area (TPSA) is 282 Å². The van der Waals surface area contributed by atoms with E-state index in [-0.39, 0.29) is 21.1 Å². The maximum Gasteiger partial charge on any atom is 0.300 e. The Bertz CT molecular complexity index is 3100. The Morgan fingerprint density at radius 3 is 1.83 bits per heavy atom. The minimum atomic E-state index is -5.49. The Hall–Kier alpha value is -5.19. The second-order valence-electron chi connectivity index (χ2n) is 10.3. The number of benzene rings is 6. The van der Waals surface area contributed by atoms with Gasteiger partial charge < -0.3 is 10.2 Å². The molecule has 17 nitrogen and oxygen atoms in total. The van der Waals surface area contributed by atoms with Crippen LogP contribution in [0.25, 0.3) is 65.2 Å². The molecule has 0 radical (unpaired) electrons. The highest BCUT2D eigenvalue weighted by Gasteiger charge is 2.30. The molecule has 0 atom stereocenters. The van der Waals surface area contributed by atoms with E-state index in [1.54, 1.807) is 0 Å². The van der Waals surface area contributed by atoms with Crippen LogP contribution in [-0.4, -0.2) is 51.4 Å². The molecule has 48 heavy (non-hydrogen) atoms. The van der Waals surface area contributed by atoms with Crippen LogP contribution in [0.5, 0.6) is 11.5 Å². The summed E-state index contributed by atoms with van der Waals surface area (Å²) in [7, 11) is -10.3. The molecule has 0 bridgehead atoms. The van der Waals surface area contributed by atoms with E-state index in [9.17, 15) is 55.3 Å². The lowest BCUT2D eigenvalue weighted by Crippen LogP contribution is -2.17. The van der Waals surface area contributed by atoms with E-state index < -0.39 is 112 Å². The Labute approximate surface area is 267 Å². The lowest BCUT2D eigenvalue weighted by atomic mass is 9.98. The molecule has 0 saturated heterocycles. The zero-order chi connectivity index (χ0) is 34.6. The van der Waals surface area contributed by atoms with Crippen LogP contribution >= 0.6 is 12.0 Å². The molecule has 242 valence electrons. The molecule has 0 aliphatic rings. The van der Waals surface area contributed by atoms with Gasteiger partial charge in [0.15, 0.2) is 32.4 Å². The molecule has 0 fully saturated rings. The highest BCUT2D eigenvalue weighted by molar-refractivity contribution is 7.94. The number of phenols is 2. The van der Waals surface area contributed by atoms with Crippen molar-refractivity contribution in [1.82, 2.24) is 9.97 Å². The zero-order valence-corrected chi connectivity index (χ0v) is 25.4. The van der Waals surface area contributed by atoms with Gasteiger partial charge in [-0.2, -0.15) is 16.8 Å². The summed E-state index contributed by atoms with van der Waals surface area (Å²) in [6.45, 7) is 0. The molecule has 0 unspecified atom stereocenters. The van der Waals surface area contributed by atoms with Crippen molar-refractivity contribution in [3.8, 4) is 11.5 Å². The number of hydrogen-bond donors (Lipinski definition) is 5. The number of fused-ring (bicyclic) bond motifs is 8. The molecule has 0 aliphatic carbocycles. The molecule has 6 aromatic carbocycles. The highest BCUT2D eigenvalue weighted by atomic mass is 32.2. The number of hydrogen-bond acceptors (Lipinski definition) is 16. The van der Waals surface area contributed by atoms with Gasteiger partial charge in [0.05, 0.1) is 44.0 Å². The third-order valence-electron chi connectivity index (χ3n) is 7.68. The quantitative estimate of drug-likeness (QED) is 0.0426. The van der Waals surface area contributed by atoms with Crippen LogP contribution in [0.2, 0.25) is 0 Å². The van der Waals surface area contributed by atoms with Crippen LogP contribution in [-0.2, 0) is 29.6 Å². The summed E-state index contributed by atoms with van der Waals surface area (Å²) in [5.41, 5.74) is -6.79. The SMILES string of the molecule is O=c1c2ccc(S(=O)(=O)O)cc2c(=O)c2c1c(O)cc1nc3c(nc12)c(S(=O)(=O)O)c(O)c1c(=O)c2ccc(SOOO)cc2c(=O)c13. The van der Waals surface area contributed by atoms with Gasteiger partial charge >= 0.3 is 10.1 Å². The molecular weight excluding hydrogens is 701 g/mol. The van der Waals surface area contributed by atoms with Gasteiger partial charge in [0.2, 0.25) is 0 Å². The maximum atomic E-state index is 13.9. The van der Waals surface area contributed by atoms with Crippen molar-refractivity contribution >= 4 is 97.4 Å². The largest absolute Gasteiger partial charge is 0.507 e. The van der Waals surface area contributed by atoms with Crippen molar-refractivity contribution in [2.45, 2.75) is 14.7 Å². The summed E-state index contributed by atoms with van der Waals surface area (Å²) >= 11 is 0.445. The predicted octanol–water partition coefficient (Wildman–Crippen LogP) is 2.05. The minimum absolute atomic E-state index is 0.143. The Morgan fingerprint density at radius 1 is 0.625 bits per heavy atom. The summed E-state index contributed by atoms with van der Waals surface area (Å²) in [5.74, 6) is -2.21. The van der Waals surface area contributed by atoms with E-state index in [0.29, 0.717) is 18.1 Å². The molecule has 5 N–H and O–H groups in total. The standard InChI is InChI=1S/C28H12N2O15S3/c31-15-7-14-20(17-16(15)23(32)11-4-2-9(47(38,39)40)6-13(11)26(17)35)30-22-21(29-14)18-19(27(36)28(22)48(41,42)43)24(33)10-3-1-8(46-45-44-37)5-12(10)25(18)34/h1-7,31,36-37H,(H,38,39,40)(H,41,42,43). The molecule has 0 spiro atoms. The number of aromatic nitrogens is 2. The lowest BCUT2D eigenvalue weighted by Gasteiger charge is -2.13. The Morgan fingerprint density at radius 2 is 1.21 bits per heavy atom. The first-order chi connectivity index (χ1) is 22.5. The van der Waals surface area contributed by atoms with E-state index >= 15 is 0 Å². The first-order valence-corrected chi connectivity index (χ1v) is 16.5. The number of nitrogens with zero attached hydrogens (tertiary/aromatic N) is 2. The van der Waals surface area contributed by atoms with E-state index in [0.717, 1.165) is 30.3 Å². The van der Waals surface area contributed by atoms with Gasteiger partial charge in [-0.25, -0.2) is 15.2 Å². The summed E-state index contributed by atoms with van der Waals surface area (Å²) in [5, 5.41) is 29.7. The third-order valence-corrected chi connectivity index (χ3v) is 10.0. The summed E-state index contributed by atoms with van der Waals surface area (Å²) in [6.07, 6.45) is 0. The van der Waals surface area contributed by atoms with Crippen molar-refractivity contribution in [3.63, 3.8) is 0 Å². The van der Waals surface area contributed by atoms with Gasteiger partial charge in [-0.1, -0.05) is 5.04 Å². The lowest BCUT2D eigenvalue weighted by molar-refractivity contribution is -0.432. The van der Waals surface area contributed by atoms with Crippen LogP contribution in [0.4, 0.5) is 0 Å². The van der Waals surface area contributed by atoms with Gasteiger partial charge in [-0.05, 0) is 36.4 Å². The molecule has 1 aromatic heterocycles. The van der Waals surface area contributed by atoms with Crippen LogP contribution in [0.1, 0.15) is 0 Å². The number of phenolic OH excluding ortho intramolecular Hbond substituents is 2. The maximum absolute atomic E-state index is 13.9. The van der Waals surface area contributed by atoms with E-state index in [1.165, 1.54) is 6.07 Å². The first-order valence-electron chi connectivity index (χ1n) is 12.9. The predicted molar refractivity (Wildman–Crippen MR) is 168 cm³/mol. The summed E-state index contributed by atoms with van der Waals surface area (Å²) in [6, 6.07) is 6.92. The molecule has 0 saturated carbocycles. The summed E-state index contributed by atoms with van der Waals surface area (Å²) in [4.78, 5) is 61.1. The van der Waals surface area contributed by atoms with Crippen LogP contribution < -0.4 is 21.7 Å². The normalized spacial score (nSPS) is 12.7. The molecule has 1 heterocycles. The highest BCUT2D eigenvalue weighted by Crippen LogP contribution is 2.39. The van der Waals surface area contributed by atoms with Crippen LogP contribution in [0, 0.1) is 0 Å². The second kappa shape index (κ2) is 10.4. The second-order valence-corrected chi connectivity index (χ2v) is 13.8. The van der Waals surface area contributed by atoms with Crippen molar-refractivity contribution in [2.75, 3.05) is 0 Å². The van der Waals surface area contributed by atoms with E-state index in [4.69, 9.17) is 5.26 Å². The van der Waals surface area contributed by atoms with Gasteiger partial charge in [0, 0.05) is 32.5 Å². The summed E-state index contributed by atoms with van der Waals surface area (Å²) < 4.78 is 72.9. The fourth-order valence-corrected chi connectivity index (χ4v) is 7.38. The Balaban J connectivity index is 1.75. The van der Waals surface area contributed by atoms with Gasteiger partial charge in [0.25, 0.3) is 10.1 Å². The fourth-order valence-electron chi connectivity index (χ4n) is 5.74. The third kappa shape index (κ3) is 4.43. The molecule has 20 heteroatoms. The molecule has 7 aromatic rings. The molecule has 7 rings (SSSR count). The Kier molecular flexibility index (Phi) is 6.81. The average Bonchev–Trinajstić information content (AvgIpc) is 3.02. The molecule has 0 aliphatic heterocycles. The van der Waals surface area contributed by atoms with Crippen LogP contribution in [0.15, 0.2) is 76.3 Å². The van der Waals surface area contributed by atoms with Crippen molar-refractivity contribution < 1.29 is 50.8 Å². The average molecular weight is 713 g/mol. The van der Waals surface area contributed by atoms with Crippen molar-refractivity contribution in [3.05, 3.63) is 83.4 Å². The van der Waals surface area contributed by atoms with Gasteiger partial charge in [0.1, 0.15) is 22.3 Å². The minimum Gasteiger partial charge on any atom is -0.507 e. The number of aromatic hydroxyl groups is 2. The van der Waals surface area contributed by atoms with Crippen LogP contribution in [0.3, 0.4) is 0 Å². The van der Waals surface area contributed by atoms with Gasteiger partial charge in [-0.15, -0.1) is 4.33 Å². The fraction of sp³-hybridized carbons (Fsp3) is 0. The zero-order valence-electron chi connectivity index (χ0n) is 23.0. The monoisotopic (exact) mass is 712 g/mol. The van der Waals surface area contributed by atoms with Crippen molar-refractivity contribution in [2.24, 2.45) is 0 Å². The van der Waals surface area contributed by atoms with E-state index in [2.05, 4.69) is 19.3 Å². The molecule has 0 amide bonds. The first kappa shape index (κ1) is 31.4. The smallest absolute Gasteiger partial charge is 0.300 e. The van der Waals surface area contributed by atoms with Crippen molar-refractivity contribution in [1.29, 1.82) is 0 Å². The van der Waals surface area contributed by atoms with Gasteiger partial charge in [-0.3, -0.25) is 28.3 Å². The molecular formula is C28H12N2O15S3. The number of rotatable bonds is 5.